The molecule has 454 valence electrons. The van der Waals surface area contributed by atoms with E-state index in [0.29, 0.717) is 6.42 Å². The van der Waals surface area contributed by atoms with Crippen LogP contribution in [-0.2, 0) is 14.3 Å². The Kier molecular flexibility index (Phi) is 54.3. The summed E-state index contributed by atoms with van der Waals surface area (Å²) in [6.07, 6.45) is 78.8. The summed E-state index contributed by atoms with van der Waals surface area (Å²) in [6, 6.07) is -0.829. The van der Waals surface area contributed by atoms with E-state index in [0.717, 1.165) is 103 Å². The van der Waals surface area contributed by atoms with Gasteiger partial charge in [0.1, 0.15) is 24.4 Å². The summed E-state index contributed by atoms with van der Waals surface area (Å²) >= 11 is 0. The fourth-order valence-corrected chi connectivity index (χ4v) is 9.76. The third-order valence-electron chi connectivity index (χ3n) is 14.9. The minimum Gasteiger partial charge on any atom is -0.394 e. The van der Waals surface area contributed by atoms with Gasteiger partial charge in [0.25, 0.3) is 0 Å². The van der Waals surface area contributed by atoms with E-state index in [2.05, 4.69) is 116 Å². The van der Waals surface area contributed by atoms with E-state index in [1.54, 1.807) is 6.08 Å². The van der Waals surface area contributed by atoms with Crippen LogP contribution in [0.15, 0.2) is 109 Å². The molecule has 1 saturated heterocycles. The maximum Gasteiger partial charge on any atom is 0.220 e. The first kappa shape index (κ1) is 73.9. The Labute approximate surface area is 485 Å². The van der Waals surface area contributed by atoms with E-state index in [1.165, 1.54) is 148 Å². The van der Waals surface area contributed by atoms with Gasteiger partial charge >= 0.3 is 0 Å². The quantitative estimate of drug-likeness (QED) is 0.0261. The monoisotopic (exact) mass is 1100 g/mol. The number of hydrogen-bond donors (Lipinski definition) is 6. The van der Waals surface area contributed by atoms with Crippen molar-refractivity contribution < 1.29 is 39.8 Å². The summed E-state index contributed by atoms with van der Waals surface area (Å²) in [6.45, 7) is 3.67. The number of aliphatic hydroxyl groups is 5. The van der Waals surface area contributed by atoms with Crippen LogP contribution in [0.1, 0.15) is 271 Å². The molecular formula is C70H121NO8. The molecule has 0 bridgehead atoms. The summed E-state index contributed by atoms with van der Waals surface area (Å²) in [5, 5.41) is 54.7. The van der Waals surface area contributed by atoms with Crippen molar-refractivity contribution in [3.63, 3.8) is 0 Å². The van der Waals surface area contributed by atoms with Gasteiger partial charge in [0, 0.05) is 6.42 Å². The predicted molar refractivity (Wildman–Crippen MR) is 336 cm³/mol. The van der Waals surface area contributed by atoms with Gasteiger partial charge in [-0.3, -0.25) is 4.79 Å². The molecular weight excluding hydrogens is 983 g/mol. The van der Waals surface area contributed by atoms with Crippen LogP contribution in [0.3, 0.4) is 0 Å². The fraction of sp³-hybridized carbons (Fsp3) is 0.729. The van der Waals surface area contributed by atoms with Gasteiger partial charge in [-0.05, 0) is 83.5 Å². The van der Waals surface area contributed by atoms with Crippen LogP contribution >= 0.6 is 0 Å². The number of rotatable bonds is 55. The number of hydrogen-bond acceptors (Lipinski definition) is 8. The summed E-state index contributed by atoms with van der Waals surface area (Å²) < 4.78 is 11.3. The zero-order valence-electron chi connectivity index (χ0n) is 50.6. The van der Waals surface area contributed by atoms with Gasteiger partial charge in [0.15, 0.2) is 6.29 Å². The van der Waals surface area contributed by atoms with Crippen LogP contribution in [0.4, 0.5) is 0 Å². The first-order valence-electron chi connectivity index (χ1n) is 32.6. The van der Waals surface area contributed by atoms with Crippen LogP contribution in [0.5, 0.6) is 0 Å². The molecule has 1 fully saturated rings. The molecule has 0 aromatic rings. The lowest BCUT2D eigenvalue weighted by molar-refractivity contribution is -0.302. The van der Waals surface area contributed by atoms with Gasteiger partial charge in [-0.2, -0.15) is 0 Å². The number of unbranched alkanes of at least 4 members (excludes halogenated alkanes) is 29. The lowest BCUT2D eigenvalue weighted by atomic mass is 9.99. The molecule has 0 aliphatic carbocycles. The van der Waals surface area contributed by atoms with Crippen molar-refractivity contribution >= 4 is 5.91 Å². The maximum absolute atomic E-state index is 13.1. The standard InChI is InChI=1S/C70H121NO8/c1-3-5-7-9-11-13-15-17-19-21-23-25-27-29-31-32-34-36-38-40-42-44-46-48-50-52-54-56-58-60-66(74)71-63(62-78-70-69(77)68(76)67(75)65(61-72)79-70)64(73)59-57-55-53-51-49-47-45-43-41-39-37-35-33-30-28-26-24-22-20-18-16-14-12-10-8-6-4-2/h5,7,11,13,17,19,23,25,29,31,34,36,40,42,46,48,57,59,63-65,67-70,72-73,75-77H,3-4,6,8-10,12,14-16,18,20-22,24,26-28,30,32-33,35,37-39,41,43-45,47,49-56,58,60-62H2,1-2H3,(H,71,74)/b7-5-,13-11-,19-17-,25-23-,31-29-,36-34-,42-40-,48-46-,59-57+. The largest absolute Gasteiger partial charge is 0.394 e. The topological polar surface area (TPSA) is 149 Å². The second-order valence-corrected chi connectivity index (χ2v) is 22.2. The fourth-order valence-electron chi connectivity index (χ4n) is 9.76. The Hall–Kier alpha value is -3.15. The molecule has 0 aromatic carbocycles. The van der Waals surface area contributed by atoms with Gasteiger partial charge in [-0.15, -0.1) is 0 Å². The molecule has 6 N–H and O–H groups in total. The maximum atomic E-state index is 13.1. The Bertz CT molecular complexity index is 1610. The number of carbonyl (C=O) groups excluding carboxylic acids is 1. The Balaban J connectivity index is 2.23. The normalized spacial score (nSPS) is 19.3. The predicted octanol–water partition coefficient (Wildman–Crippen LogP) is 17.3. The smallest absolute Gasteiger partial charge is 0.220 e. The molecule has 1 rings (SSSR count). The molecule has 0 aromatic heterocycles. The first-order valence-corrected chi connectivity index (χ1v) is 32.6. The lowest BCUT2D eigenvalue weighted by Gasteiger charge is -2.40. The highest BCUT2D eigenvalue weighted by Gasteiger charge is 2.44. The number of aliphatic hydroxyl groups excluding tert-OH is 5. The number of nitrogens with one attached hydrogen (secondary N) is 1. The molecule has 9 nitrogen and oxygen atoms in total. The molecule has 0 radical (unpaired) electrons. The number of allylic oxidation sites excluding steroid dienone is 17. The van der Waals surface area contributed by atoms with Gasteiger partial charge in [-0.25, -0.2) is 0 Å². The van der Waals surface area contributed by atoms with Crippen molar-refractivity contribution in [2.75, 3.05) is 13.2 Å². The molecule has 1 heterocycles. The van der Waals surface area contributed by atoms with E-state index < -0.39 is 49.5 Å². The summed E-state index contributed by atoms with van der Waals surface area (Å²) in [7, 11) is 0. The van der Waals surface area contributed by atoms with Crippen LogP contribution in [0.2, 0.25) is 0 Å². The van der Waals surface area contributed by atoms with E-state index in [9.17, 15) is 30.3 Å². The highest BCUT2D eigenvalue weighted by Crippen LogP contribution is 2.23. The molecule has 7 unspecified atom stereocenters. The minimum atomic E-state index is -1.58. The highest BCUT2D eigenvalue weighted by molar-refractivity contribution is 5.76. The number of amides is 1. The van der Waals surface area contributed by atoms with Crippen molar-refractivity contribution in [2.45, 2.75) is 314 Å². The van der Waals surface area contributed by atoms with Gasteiger partial charge < -0.3 is 40.3 Å². The third-order valence-corrected chi connectivity index (χ3v) is 14.9. The average Bonchev–Trinajstić information content (AvgIpc) is 3.47. The summed E-state index contributed by atoms with van der Waals surface area (Å²) in [5.41, 5.74) is 0. The molecule has 1 aliphatic rings. The third kappa shape index (κ3) is 47.1. The lowest BCUT2D eigenvalue weighted by Crippen LogP contribution is -2.60. The van der Waals surface area contributed by atoms with Crippen molar-refractivity contribution in [1.29, 1.82) is 0 Å². The average molecular weight is 1100 g/mol. The van der Waals surface area contributed by atoms with E-state index in [1.807, 2.05) is 6.08 Å². The molecule has 1 aliphatic heterocycles. The number of carbonyl (C=O) groups is 1. The second-order valence-electron chi connectivity index (χ2n) is 22.2. The number of ether oxygens (including phenoxy) is 2. The van der Waals surface area contributed by atoms with Crippen molar-refractivity contribution in [2.24, 2.45) is 0 Å². The van der Waals surface area contributed by atoms with Gasteiger partial charge in [-0.1, -0.05) is 290 Å². The SMILES string of the molecule is CC/C=C\C/C=C\C/C=C\C/C=C\C/C=C\C/C=C\C/C=C\C/C=C\CCCCCCC(=O)NC(COC1OC(CO)C(O)C(O)C1O)C(O)/C=C/CCCCCCCCCCCCCCCCCCCCCCCCCCC. The van der Waals surface area contributed by atoms with E-state index >= 15 is 0 Å². The van der Waals surface area contributed by atoms with Gasteiger partial charge in [0.2, 0.25) is 5.91 Å². The summed E-state index contributed by atoms with van der Waals surface area (Å²) in [4.78, 5) is 13.1. The first-order chi connectivity index (χ1) is 38.8. The second kappa shape index (κ2) is 58.1. The van der Waals surface area contributed by atoms with Crippen LogP contribution in [0, 0.1) is 0 Å². The molecule has 9 heteroatoms. The van der Waals surface area contributed by atoms with Crippen molar-refractivity contribution in [3.05, 3.63) is 109 Å². The van der Waals surface area contributed by atoms with E-state index in [-0.39, 0.29) is 12.5 Å². The van der Waals surface area contributed by atoms with Crippen molar-refractivity contribution in [3.8, 4) is 0 Å². The Morgan fingerprint density at radius 1 is 0.443 bits per heavy atom. The molecule has 1 amide bonds. The minimum absolute atomic E-state index is 0.203. The summed E-state index contributed by atoms with van der Waals surface area (Å²) in [5.74, 6) is -0.203. The van der Waals surface area contributed by atoms with Crippen LogP contribution < -0.4 is 5.32 Å². The zero-order valence-corrected chi connectivity index (χ0v) is 50.6. The zero-order chi connectivity index (χ0) is 57.2. The Morgan fingerprint density at radius 3 is 1.16 bits per heavy atom. The molecule has 0 spiro atoms. The van der Waals surface area contributed by atoms with Crippen LogP contribution in [-0.4, -0.2) is 87.5 Å². The molecule has 79 heavy (non-hydrogen) atoms. The van der Waals surface area contributed by atoms with Gasteiger partial charge in [0.05, 0.1) is 25.4 Å². The highest BCUT2D eigenvalue weighted by atomic mass is 16.7. The Morgan fingerprint density at radius 2 is 0.785 bits per heavy atom. The van der Waals surface area contributed by atoms with Crippen molar-refractivity contribution in [1.82, 2.24) is 5.32 Å². The van der Waals surface area contributed by atoms with E-state index in [4.69, 9.17) is 9.47 Å². The molecule has 7 atom stereocenters. The van der Waals surface area contributed by atoms with Crippen LogP contribution in [0.25, 0.3) is 0 Å². The molecule has 0 saturated carbocycles.